The fourth-order valence-electron chi connectivity index (χ4n) is 11.2. The van der Waals surface area contributed by atoms with Crippen molar-refractivity contribution in [3.8, 4) is 11.5 Å². The Morgan fingerprint density at radius 2 is 0.686 bits per heavy atom. The molecule has 18 N–H and O–H groups in total. The van der Waals surface area contributed by atoms with Gasteiger partial charge in [0, 0.05) is 43.7 Å². The monoisotopic (exact) mass is 1920 g/mol. The van der Waals surface area contributed by atoms with Gasteiger partial charge in [-0.25, -0.2) is 10.5 Å². The lowest BCUT2D eigenvalue weighted by molar-refractivity contribution is -0.432. The van der Waals surface area contributed by atoms with Gasteiger partial charge in [-0.3, -0.25) is 45.5 Å². The van der Waals surface area contributed by atoms with Crippen LogP contribution < -0.4 is 21.3 Å². The molecule has 0 aliphatic carbocycles. The highest BCUT2D eigenvalue weighted by Crippen LogP contribution is 2.56. The van der Waals surface area contributed by atoms with Crippen molar-refractivity contribution in [2.24, 2.45) is 20.5 Å². The highest BCUT2D eigenvalue weighted by atomic mass is 35.5. The molecule has 626 valence electrons. The summed E-state index contributed by atoms with van der Waals surface area (Å²) in [5, 5.41) is 62.6. The molecular formula is C52H34Cl2N14O38S12. The standard InChI is InChI=1S/C52H34Cl2N14O38S12/c53-47-59-49(63-51(61-47)57-25-15-27(107-105-103-71)42(114(88,89)90)33-31(25)38(70)36(46(118(100,101)102)45(33)117(97,98)99)68-66-24-14-12-20-22(41(24)113(85,86)87)4-2-6-29(20)110(76,77)78)55-17-7-9-18(10-8-17)56-50-60-48(54)62-52(64-50)58-26-16-30(111(79,80)81)43(115(91,92)93)34-32(26)37(69)35(39(108-106-104-72)44(34)116(94,95)96)67-65-23-13-11-19-21(40(23)112(82,83)84)3-1-5-28(19)109(73,74)75/h1-16,69-72H,(H,73,74,75)(H,76,77,78)(H,79,80,81)(H,82,83,84)(H,85,86,87)(H,88,89,90)(H,91,92,93)(H,94,95,96)(H,97,98,99)(H,100,101,102)(H2,55,57,59,61,63)(H2,56,58,60,62,64). The number of aromatic nitrogens is 6. The summed E-state index contributed by atoms with van der Waals surface area (Å²) in [6.45, 7) is 0. The number of rotatable bonds is 28. The molecule has 0 fully saturated rings. The van der Waals surface area contributed by atoms with Gasteiger partial charge in [-0.05, 0) is 83.9 Å². The zero-order valence-corrected chi connectivity index (χ0v) is 66.7. The highest BCUT2D eigenvalue weighted by molar-refractivity contribution is 7.96. The third-order valence-electron chi connectivity index (χ3n) is 15.2. The van der Waals surface area contributed by atoms with Crippen molar-refractivity contribution >= 4 is 261 Å². The summed E-state index contributed by atoms with van der Waals surface area (Å²) in [6.07, 6.45) is 0. The van der Waals surface area contributed by atoms with Crippen LogP contribution in [0.5, 0.6) is 11.5 Å². The first kappa shape index (κ1) is 89.0. The van der Waals surface area contributed by atoms with Crippen molar-refractivity contribution < 1.29 is 169 Å². The first-order chi connectivity index (χ1) is 54.4. The summed E-state index contributed by atoms with van der Waals surface area (Å²) >= 11 is 11.4. The number of phenols is 2. The van der Waals surface area contributed by atoms with Crippen molar-refractivity contribution in [2.75, 3.05) is 21.3 Å². The maximum absolute atomic E-state index is 13.6. The third kappa shape index (κ3) is 18.5. The molecule has 0 saturated carbocycles. The van der Waals surface area contributed by atoms with Gasteiger partial charge < -0.3 is 31.5 Å². The molecular weight excluding hydrogens is 1880 g/mol. The van der Waals surface area contributed by atoms with Crippen LogP contribution in [0.1, 0.15) is 0 Å². The molecule has 118 heavy (non-hydrogen) atoms. The van der Waals surface area contributed by atoms with Crippen LogP contribution in [0.3, 0.4) is 0 Å². The summed E-state index contributed by atoms with van der Waals surface area (Å²) in [5.41, 5.74) is -7.96. The number of benzene rings is 9. The molecule has 11 rings (SSSR count). The van der Waals surface area contributed by atoms with Gasteiger partial charge in [0.25, 0.3) is 101 Å². The second kappa shape index (κ2) is 32.0. The van der Waals surface area contributed by atoms with Gasteiger partial charge in [0.15, 0.2) is 17.2 Å². The van der Waals surface area contributed by atoms with Crippen molar-refractivity contribution in [3.63, 3.8) is 0 Å². The number of halogens is 2. The lowest BCUT2D eigenvalue weighted by Gasteiger charge is -2.20. The molecule has 66 heteroatoms. The molecule has 0 atom stereocenters. The molecule has 2 heterocycles. The maximum atomic E-state index is 13.6. The first-order valence-corrected chi connectivity index (χ1v) is 45.9. The third-order valence-corrected chi connectivity index (χ3v) is 26.6. The Kier molecular flexibility index (Phi) is 24.2. The van der Waals surface area contributed by atoms with E-state index in [2.05, 4.69) is 90.4 Å². The van der Waals surface area contributed by atoms with Gasteiger partial charge in [-0.2, -0.15) is 114 Å². The van der Waals surface area contributed by atoms with Crippen LogP contribution >= 0.6 is 47.3 Å². The minimum Gasteiger partial charge on any atom is -0.505 e. The Morgan fingerprint density at radius 1 is 0.331 bits per heavy atom. The summed E-state index contributed by atoms with van der Waals surface area (Å²) in [5.74, 6) is -6.74. The number of aromatic hydroxyl groups is 2. The van der Waals surface area contributed by atoms with E-state index < -0.39 is 307 Å². The highest BCUT2D eigenvalue weighted by Gasteiger charge is 2.42. The number of hydrogen-bond acceptors (Lipinski definition) is 44. The van der Waals surface area contributed by atoms with Gasteiger partial charge in [-0.15, -0.1) is 29.1 Å². The Morgan fingerprint density at radius 3 is 1.07 bits per heavy atom. The number of azo groups is 2. The zero-order chi connectivity index (χ0) is 87.2. The second-order valence-corrected chi connectivity index (χ2v) is 38.2. The minimum atomic E-state index is -6.51. The first-order valence-electron chi connectivity index (χ1n) is 29.2. The van der Waals surface area contributed by atoms with E-state index in [9.17, 15) is 145 Å². The normalized spacial score (nSPS) is 13.2. The summed E-state index contributed by atoms with van der Waals surface area (Å²) in [4.78, 5) is 3.40. The SMILES string of the molecule is O=S(=O)(O)c1cc(Nc2nc(Cl)nc(Nc3ccc(Nc4nc(Cl)nc(Nc5cc(SOOO)c(S(=O)(=O)O)c6c(S(=O)(=O)O)c(S(=O)(=O)O)c(N=Nc7ccc8c(S(=O)(=O)O)cccc8c7S(=O)(=O)O)c(O)c56)n4)cc3)n2)c2c(O)c(N=Nc3ccc4c(S(=O)(=O)O)cccc4c3S(=O)(=O)O)c(SOOO)c(S(=O)(=O)O)c2c1S(=O)(=O)O. The van der Waals surface area contributed by atoms with Crippen LogP contribution in [-0.2, 0) is 120 Å². The molecule has 11 aromatic rings. The smallest absolute Gasteiger partial charge is 0.298 e. The zero-order valence-electron chi connectivity index (χ0n) is 55.4. The number of hydrogen-bond donors (Lipinski definition) is 18. The number of fused-ring (bicyclic) bond motifs is 4. The average molecular weight is 1920 g/mol. The summed E-state index contributed by atoms with van der Waals surface area (Å²) in [7, 11) is -59.6. The van der Waals surface area contributed by atoms with E-state index in [-0.39, 0.29) is 17.4 Å². The summed E-state index contributed by atoms with van der Waals surface area (Å²) < 4.78 is 375. The van der Waals surface area contributed by atoms with Crippen LogP contribution in [0, 0.1) is 0 Å². The Hall–Kier alpha value is -9.82. The molecule has 0 radical (unpaired) electrons. The Bertz CT molecular complexity index is 7530. The van der Waals surface area contributed by atoms with E-state index in [1.807, 2.05) is 0 Å². The number of nitrogens with one attached hydrogen (secondary N) is 4. The number of anilines is 8. The van der Waals surface area contributed by atoms with Crippen molar-refractivity contribution in [1.29, 1.82) is 0 Å². The van der Waals surface area contributed by atoms with Gasteiger partial charge in [0.1, 0.15) is 66.0 Å². The van der Waals surface area contributed by atoms with Gasteiger partial charge in [-0.1, -0.05) is 46.5 Å². The number of phenolic OH excluding ortho intramolecular Hbond substituents is 2. The molecule has 0 spiro atoms. The molecule has 0 aliphatic rings. The average Bonchev–Trinajstić information content (AvgIpc) is 0.709. The lowest BCUT2D eigenvalue weighted by Crippen LogP contribution is -2.14. The minimum absolute atomic E-state index is 0.0636. The summed E-state index contributed by atoms with van der Waals surface area (Å²) in [6, 6.07) is 13.0. The van der Waals surface area contributed by atoms with Crippen LogP contribution in [-0.4, -0.2) is 180 Å². The predicted octanol–water partition coefficient (Wildman–Crippen LogP) is 8.52. The number of nitrogens with zero attached hydrogens (tertiary/aromatic N) is 10. The van der Waals surface area contributed by atoms with Crippen LogP contribution in [0.4, 0.5) is 69.3 Å². The van der Waals surface area contributed by atoms with Crippen LogP contribution in [0.25, 0.3) is 43.1 Å². The van der Waals surface area contributed by atoms with E-state index in [0.717, 1.165) is 48.5 Å². The predicted molar refractivity (Wildman–Crippen MR) is 396 cm³/mol. The molecule has 0 amide bonds. The molecule has 9 aromatic carbocycles. The van der Waals surface area contributed by atoms with Crippen molar-refractivity contribution in [2.45, 2.75) is 58.7 Å². The Balaban J connectivity index is 0.994. The molecule has 52 nitrogen and oxygen atoms in total. The fourth-order valence-corrected chi connectivity index (χ4v) is 22.2. The molecule has 2 aromatic heterocycles. The van der Waals surface area contributed by atoms with E-state index in [1.165, 1.54) is 24.3 Å². The van der Waals surface area contributed by atoms with Gasteiger partial charge in [0.05, 0.1) is 56.0 Å². The van der Waals surface area contributed by atoms with E-state index >= 15 is 0 Å². The maximum Gasteiger partial charge on any atom is 0.298 e. The lowest BCUT2D eigenvalue weighted by atomic mass is 10.1. The molecule has 0 unspecified atom stereocenters. The van der Waals surface area contributed by atoms with Gasteiger partial charge >= 0.3 is 0 Å². The van der Waals surface area contributed by atoms with E-state index in [1.54, 1.807) is 0 Å². The molecule has 0 aliphatic heterocycles. The van der Waals surface area contributed by atoms with Crippen molar-refractivity contribution in [3.05, 3.63) is 108 Å². The largest absolute Gasteiger partial charge is 0.505 e. The second-order valence-electron chi connectivity index (χ2n) is 22.4. The van der Waals surface area contributed by atoms with Crippen LogP contribution in [0.15, 0.2) is 176 Å². The van der Waals surface area contributed by atoms with Crippen molar-refractivity contribution in [1.82, 2.24) is 29.9 Å². The fraction of sp³-hybridized carbons (Fsp3) is 0. The van der Waals surface area contributed by atoms with E-state index in [0.29, 0.717) is 18.2 Å². The van der Waals surface area contributed by atoms with Crippen LogP contribution in [0.2, 0.25) is 10.6 Å². The Labute approximate surface area is 674 Å². The topological polar surface area (TPSA) is 836 Å². The quantitative estimate of drug-likeness (QED) is 0.00718. The molecule has 0 saturated heterocycles. The molecule has 0 bridgehead atoms. The van der Waals surface area contributed by atoms with Gasteiger partial charge in [0.2, 0.25) is 34.4 Å². The van der Waals surface area contributed by atoms with E-state index in [4.69, 9.17) is 28.5 Å².